The lowest BCUT2D eigenvalue weighted by Gasteiger charge is -2.33. The van der Waals surface area contributed by atoms with Gasteiger partial charge < -0.3 is 4.90 Å². The molecule has 0 heterocycles. The van der Waals surface area contributed by atoms with Gasteiger partial charge in [0.1, 0.15) is 0 Å². The highest BCUT2D eigenvalue weighted by Gasteiger charge is 2.31. The molecule has 0 bridgehead atoms. The number of rotatable bonds is 8. The van der Waals surface area contributed by atoms with E-state index >= 15 is 0 Å². The summed E-state index contributed by atoms with van der Waals surface area (Å²) in [5.41, 5.74) is 18.4. The fourth-order valence-corrected chi connectivity index (χ4v) is 8.89. The van der Waals surface area contributed by atoms with Crippen LogP contribution < -0.4 is 4.90 Å². The molecule has 10 rings (SSSR count). The zero-order valence-corrected chi connectivity index (χ0v) is 32.3. The number of hydrogen-bond donors (Lipinski definition) is 0. The lowest BCUT2D eigenvalue weighted by Crippen LogP contribution is -2.21. The molecule has 1 nitrogen and oxygen atoms in total. The largest absolute Gasteiger partial charge is 0.313 e. The Kier molecular flexibility index (Phi) is 9.55. The van der Waals surface area contributed by atoms with E-state index in [4.69, 9.17) is 0 Å². The summed E-state index contributed by atoms with van der Waals surface area (Å²) in [6, 6.07) is 57.0. The van der Waals surface area contributed by atoms with Crippen LogP contribution in [0.25, 0.3) is 44.5 Å². The van der Waals surface area contributed by atoms with Crippen LogP contribution in [0.4, 0.5) is 11.4 Å². The van der Waals surface area contributed by atoms with Crippen LogP contribution in [-0.2, 0) is 0 Å². The second kappa shape index (κ2) is 15.7. The average Bonchev–Trinajstić information content (AvgIpc) is 3.56. The van der Waals surface area contributed by atoms with Gasteiger partial charge in [-0.05, 0) is 85.5 Å². The Morgan fingerprint density at radius 2 is 0.983 bits per heavy atom. The van der Waals surface area contributed by atoms with Crippen LogP contribution in [-0.4, -0.2) is 0 Å². The Hall–Kier alpha value is -7.22. The van der Waals surface area contributed by atoms with E-state index in [1.54, 1.807) is 0 Å². The Labute approximate surface area is 342 Å². The van der Waals surface area contributed by atoms with E-state index in [0.717, 1.165) is 17.8 Å². The van der Waals surface area contributed by atoms with Crippen LogP contribution in [0.15, 0.2) is 265 Å². The number of nitrogens with zero attached hydrogens (tertiary/aromatic N) is 1. The van der Waals surface area contributed by atoms with Crippen LogP contribution in [0.2, 0.25) is 0 Å². The van der Waals surface area contributed by atoms with Gasteiger partial charge in [0.05, 0.1) is 5.69 Å². The molecular formula is C57H43N. The molecule has 0 saturated carbocycles. The van der Waals surface area contributed by atoms with Crippen molar-refractivity contribution in [2.45, 2.75) is 6.42 Å². The van der Waals surface area contributed by atoms with Crippen LogP contribution in [0, 0.1) is 11.8 Å². The van der Waals surface area contributed by atoms with E-state index in [1.165, 1.54) is 72.5 Å². The number of allylic oxidation sites excluding steroid dienone is 17. The SMILES string of the molecule is C1=CC2=CC(C3=CC=C(N(c4ccc(-c5ccccc5-c5ccccc5)cc4)c4ccccc4-c4ccc(-c5ccccc5)cc4)CC=C3)=C3C=CC=C[C@@H]3C2C=C1. The van der Waals surface area contributed by atoms with Crippen molar-refractivity contribution in [3.8, 4) is 44.5 Å². The molecule has 0 aliphatic heterocycles. The van der Waals surface area contributed by atoms with E-state index in [0.29, 0.717) is 11.8 Å². The number of benzene rings is 6. The van der Waals surface area contributed by atoms with Gasteiger partial charge in [0.25, 0.3) is 0 Å². The van der Waals surface area contributed by atoms with Gasteiger partial charge in [0.15, 0.2) is 0 Å². The number of hydrogen-bond acceptors (Lipinski definition) is 1. The standard InChI is InChI=1S/C57H43N/c1-3-16-41(17-4-1)42-30-32-46(33-31-42)53-26-13-14-29-57(53)58(49-38-35-45(36-39-49)51-24-10-9-23-50(51)43-18-5-2-6-19-43)48-22-15-21-44(34-37-48)56-40-47-20-7-8-25-52(47)54-27-11-12-28-55(54)56/h1-21,23-40,52,54H,22H2/t52?,54-/m1/s1. The molecule has 6 aromatic carbocycles. The van der Waals surface area contributed by atoms with Crippen molar-refractivity contribution in [3.05, 3.63) is 265 Å². The summed E-state index contributed by atoms with van der Waals surface area (Å²) >= 11 is 0. The first-order valence-corrected chi connectivity index (χ1v) is 20.3. The van der Waals surface area contributed by atoms with Gasteiger partial charge in [-0.15, -0.1) is 0 Å². The van der Waals surface area contributed by atoms with Crippen molar-refractivity contribution >= 4 is 11.4 Å². The number of fused-ring (bicyclic) bond motifs is 3. The van der Waals surface area contributed by atoms with E-state index < -0.39 is 0 Å². The molecule has 2 atom stereocenters. The van der Waals surface area contributed by atoms with Crippen molar-refractivity contribution in [2.75, 3.05) is 4.90 Å². The molecule has 0 saturated heterocycles. The van der Waals surface area contributed by atoms with Crippen molar-refractivity contribution in [1.82, 2.24) is 0 Å². The quantitative estimate of drug-likeness (QED) is 0.150. The molecule has 0 radical (unpaired) electrons. The van der Waals surface area contributed by atoms with Gasteiger partial charge in [0, 0.05) is 35.2 Å². The number of anilines is 2. The fraction of sp³-hybridized carbons (Fsp3) is 0.0526. The minimum Gasteiger partial charge on any atom is -0.313 e. The molecule has 276 valence electrons. The Morgan fingerprint density at radius 1 is 0.431 bits per heavy atom. The lowest BCUT2D eigenvalue weighted by molar-refractivity contribution is 0.610. The second-order valence-electron chi connectivity index (χ2n) is 15.2. The first-order valence-electron chi connectivity index (χ1n) is 20.3. The molecule has 0 aromatic heterocycles. The highest BCUT2D eigenvalue weighted by atomic mass is 15.1. The molecule has 4 aliphatic rings. The summed E-state index contributed by atoms with van der Waals surface area (Å²) in [5, 5.41) is 0. The van der Waals surface area contributed by atoms with Crippen LogP contribution in [0.1, 0.15) is 6.42 Å². The molecule has 0 spiro atoms. The third kappa shape index (κ3) is 6.82. The Bertz CT molecular complexity index is 2760. The van der Waals surface area contributed by atoms with Crippen LogP contribution >= 0.6 is 0 Å². The summed E-state index contributed by atoms with van der Waals surface area (Å²) in [4.78, 5) is 2.46. The van der Waals surface area contributed by atoms with Crippen molar-refractivity contribution in [3.63, 3.8) is 0 Å². The van der Waals surface area contributed by atoms with E-state index in [2.05, 4.69) is 242 Å². The van der Waals surface area contributed by atoms with Gasteiger partial charge in [0.2, 0.25) is 0 Å². The molecule has 4 aliphatic carbocycles. The maximum absolute atomic E-state index is 2.46. The van der Waals surface area contributed by atoms with E-state index in [-0.39, 0.29) is 0 Å². The van der Waals surface area contributed by atoms with Gasteiger partial charge in [-0.2, -0.15) is 0 Å². The normalized spacial score (nSPS) is 17.8. The first-order chi connectivity index (χ1) is 28.8. The lowest BCUT2D eigenvalue weighted by atomic mass is 9.70. The van der Waals surface area contributed by atoms with E-state index in [9.17, 15) is 0 Å². The van der Waals surface area contributed by atoms with Crippen molar-refractivity contribution in [2.24, 2.45) is 11.8 Å². The Morgan fingerprint density at radius 3 is 1.72 bits per heavy atom. The predicted octanol–water partition coefficient (Wildman–Crippen LogP) is 15.0. The van der Waals surface area contributed by atoms with E-state index in [1.807, 2.05) is 0 Å². The average molecular weight is 742 g/mol. The van der Waals surface area contributed by atoms with Crippen LogP contribution in [0.5, 0.6) is 0 Å². The summed E-state index contributed by atoms with van der Waals surface area (Å²) in [6.07, 6.45) is 30.6. The minimum atomic E-state index is 0.337. The topological polar surface area (TPSA) is 3.24 Å². The van der Waals surface area contributed by atoms with Gasteiger partial charge in [-0.1, -0.05) is 212 Å². The molecule has 1 unspecified atom stereocenters. The van der Waals surface area contributed by atoms with Crippen LogP contribution in [0.3, 0.4) is 0 Å². The highest BCUT2D eigenvalue weighted by molar-refractivity contribution is 5.88. The number of para-hydroxylation sites is 1. The highest BCUT2D eigenvalue weighted by Crippen LogP contribution is 2.45. The molecule has 0 amide bonds. The molecule has 58 heavy (non-hydrogen) atoms. The Balaban J connectivity index is 1.08. The third-order valence-electron chi connectivity index (χ3n) is 11.8. The molecular weight excluding hydrogens is 699 g/mol. The van der Waals surface area contributed by atoms with Gasteiger partial charge >= 0.3 is 0 Å². The monoisotopic (exact) mass is 741 g/mol. The molecule has 1 heteroatoms. The summed E-state index contributed by atoms with van der Waals surface area (Å²) < 4.78 is 0. The zero-order valence-electron chi connectivity index (χ0n) is 32.3. The third-order valence-corrected chi connectivity index (χ3v) is 11.8. The maximum atomic E-state index is 2.46. The minimum absolute atomic E-state index is 0.337. The first kappa shape index (κ1) is 35.2. The summed E-state index contributed by atoms with van der Waals surface area (Å²) in [6.45, 7) is 0. The smallest absolute Gasteiger partial charge is 0.0536 e. The summed E-state index contributed by atoms with van der Waals surface area (Å²) in [7, 11) is 0. The van der Waals surface area contributed by atoms with Crippen molar-refractivity contribution in [1.29, 1.82) is 0 Å². The van der Waals surface area contributed by atoms with Gasteiger partial charge in [-0.25, -0.2) is 0 Å². The second-order valence-corrected chi connectivity index (χ2v) is 15.2. The van der Waals surface area contributed by atoms with Crippen molar-refractivity contribution < 1.29 is 0 Å². The summed E-state index contributed by atoms with van der Waals surface area (Å²) in [5.74, 6) is 0.715. The fourth-order valence-electron chi connectivity index (χ4n) is 8.89. The predicted molar refractivity (Wildman–Crippen MR) is 245 cm³/mol. The molecule has 0 fully saturated rings. The maximum Gasteiger partial charge on any atom is 0.0536 e. The molecule has 0 N–H and O–H groups in total. The zero-order chi connectivity index (χ0) is 38.7. The molecule has 6 aromatic rings. The van der Waals surface area contributed by atoms with Gasteiger partial charge in [-0.3, -0.25) is 0 Å².